The van der Waals surface area contributed by atoms with Crippen molar-refractivity contribution in [2.24, 2.45) is 5.14 Å². The van der Waals surface area contributed by atoms with E-state index < -0.39 is 16.1 Å². The van der Waals surface area contributed by atoms with E-state index in [1.54, 1.807) is 19.1 Å². The lowest BCUT2D eigenvalue weighted by Gasteiger charge is -2.13. The fourth-order valence-electron chi connectivity index (χ4n) is 1.48. The van der Waals surface area contributed by atoms with Crippen LogP contribution in [0.4, 0.5) is 10.8 Å². The average molecular weight is 326 g/mol. The largest absolute Gasteiger partial charge is 0.350 e. The van der Waals surface area contributed by atoms with E-state index in [1.165, 1.54) is 0 Å². The summed E-state index contributed by atoms with van der Waals surface area (Å²) in [6.07, 6.45) is 1.16. The predicted octanol–water partition coefficient (Wildman–Crippen LogP) is 1.23. The van der Waals surface area contributed by atoms with Gasteiger partial charge in [0.25, 0.3) is 0 Å². The Morgan fingerprint density at radius 1 is 1.33 bits per heavy atom. The lowest BCUT2D eigenvalue weighted by Crippen LogP contribution is -2.31. The van der Waals surface area contributed by atoms with Gasteiger partial charge in [0.15, 0.2) is 9.34 Å². The highest BCUT2D eigenvalue weighted by atomic mass is 32.2. The lowest BCUT2D eigenvalue weighted by molar-refractivity contribution is -0.116. The molecule has 9 heteroatoms. The number of aromatic nitrogens is 1. The second-order valence-electron chi connectivity index (χ2n) is 4.25. The highest BCUT2D eigenvalue weighted by molar-refractivity contribution is 7.91. The minimum Gasteiger partial charge on any atom is -0.350 e. The third-order valence-corrected chi connectivity index (χ3v) is 4.88. The molecule has 0 saturated heterocycles. The lowest BCUT2D eigenvalue weighted by atomic mass is 10.3. The van der Waals surface area contributed by atoms with Crippen LogP contribution in [0.5, 0.6) is 0 Å². The summed E-state index contributed by atoms with van der Waals surface area (Å²) in [6, 6.07) is 8.44. The molecule has 1 heterocycles. The van der Waals surface area contributed by atoms with Gasteiger partial charge in [-0.1, -0.05) is 29.5 Å². The van der Waals surface area contributed by atoms with Gasteiger partial charge in [0.05, 0.1) is 6.20 Å². The number of benzene rings is 1. The van der Waals surface area contributed by atoms with Gasteiger partial charge in [-0.25, -0.2) is 18.5 Å². The molecule has 0 saturated carbocycles. The zero-order chi connectivity index (χ0) is 15.5. The molecule has 0 aliphatic heterocycles. The Balaban J connectivity index is 1.99. The van der Waals surface area contributed by atoms with Gasteiger partial charge in [-0.15, -0.1) is 0 Å². The van der Waals surface area contributed by atoms with Gasteiger partial charge >= 0.3 is 0 Å². The number of sulfonamides is 1. The SMILES string of the molecule is CC(Nc1ncc(S(N)(=O)=O)s1)C(=O)Nc1ccccc1. The number of carbonyl (C=O) groups is 1. The topological polar surface area (TPSA) is 114 Å². The first-order chi connectivity index (χ1) is 9.86. The summed E-state index contributed by atoms with van der Waals surface area (Å²) in [4.78, 5) is 15.9. The fraction of sp³-hybridized carbons (Fsp3) is 0.167. The Bertz CT molecular complexity index is 728. The maximum absolute atomic E-state index is 12.0. The molecule has 7 nitrogen and oxygen atoms in total. The van der Waals surface area contributed by atoms with Gasteiger partial charge in [-0.3, -0.25) is 4.79 Å². The van der Waals surface area contributed by atoms with Crippen LogP contribution in [0.3, 0.4) is 0 Å². The molecule has 0 aliphatic rings. The van der Waals surface area contributed by atoms with Crippen molar-refractivity contribution in [2.75, 3.05) is 10.6 Å². The van der Waals surface area contributed by atoms with Gasteiger partial charge in [0.1, 0.15) is 6.04 Å². The minimum atomic E-state index is -3.77. The molecule has 0 bridgehead atoms. The number of anilines is 2. The third-order valence-electron chi connectivity index (χ3n) is 2.54. The Kier molecular flexibility index (Phi) is 4.56. The number of hydrogen-bond acceptors (Lipinski definition) is 6. The molecule has 1 aromatic carbocycles. The van der Waals surface area contributed by atoms with Crippen LogP contribution >= 0.6 is 11.3 Å². The van der Waals surface area contributed by atoms with E-state index in [2.05, 4.69) is 15.6 Å². The summed E-state index contributed by atoms with van der Waals surface area (Å²) in [7, 11) is -3.77. The summed E-state index contributed by atoms with van der Waals surface area (Å²) >= 11 is 0.877. The molecule has 0 fully saturated rings. The number of primary sulfonamides is 1. The summed E-state index contributed by atoms with van der Waals surface area (Å²) in [6.45, 7) is 1.65. The number of nitrogens with one attached hydrogen (secondary N) is 2. The van der Waals surface area contributed by atoms with Crippen LogP contribution in [0.1, 0.15) is 6.92 Å². The molecule has 2 rings (SSSR count). The zero-order valence-corrected chi connectivity index (χ0v) is 12.7. The molecular formula is C12H14N4O3S2. The maximum atomic E-state index is 12.0. The molecular weight excluding hydrogens is 312 g/mol. The van der Waals surface area contributed by atoms with E-state index in [4.69, 9.17) is 5.14 Å². The first-order valence-electron chi connectivity index (χ1n) is 5.97. The standard InChI is InChI=1S/C12H14N4O3S2/c1-8(11(17)16-9-5-3-2-4-6-9)15-12-14-7-10(20-12)21(13,18)19/h2-8H,1H3,(H,14,15)(H,16,17)(H2,13,18,19). The van der Waals surface area contributed by atoms with Crippen LogP contribution < -0.4 is 15.8 Å². The van der Waals surface area contributed by atoms with Gasteiger partial charge in [0, 0.05) is 5.69 Å². The molecule has 112 valence electrons. The van der Waals surface area contributed by atoms with Crippen molar-refractivity contribution < 1.29 is 13.2 Å². The Hall–Kier alpha value is -1.97. The van der Waals surface area contributed by atoms with Crippen LogP contribution in [-0.4, -0.2) is 25.4 Å². The number of hydrogen-bond donors (Lipinski definition) is 3. The first kappa shape index (κ1) is 15.4. The van der Waals surface area contributed by atoms with Gasteiger partial charge in [0.2, 0.25) is 15.9 Å². The van der Waals surface area contributed by atoms with Crippen molar-refractivity contribution in [1.82, 2.24) is 4.98 Å². The monoisotopic (exact) mass is 326 g/mol. The fourth-order valence-corrected chi connectivity index (χ4v) is 3.02. The van der Waals surface area contributed by atoms with Crippen molar-refractivity contribution >= 4 is 38.1 Å². The van der Waals surface area contributed by atoms with E-state index in [0.717, 1.165) is 17.5 Å². The molecule has 0 aliphatic carbocycles. The molecule has 1 unspecified atom stereocenters. The molecule has 21 heavy (non-hydrogen) atoms. The van der Waals surface area contributed by atoms with Crippen molar-refractivity contribution in [3.63, 3.8) is 0 Å². The number of thiazole rings is 1. The summed E-state index contributed by atoms with van der Waals surface area (Å²) < 4.78 is 22.2. The average Bonchev–Trinajstić information content (AvgIpc) is 2.88. The molecule has 1 aromatic heterocycles. The number of rotatable bonds is 5. The maximum Gasteiger partial charge on any atom is 0.249 e. The molecule has 0 spiro atoms. The zero-order valence-electron chi connectivity index (χ0n) is 11.1. The Morgan fingerprint density at radius 3 is 2.57 bits per heavy atom. The van der Waals surface area contributed by atoms with E-state index in [-0.39, 0.29) is 10.1 Å². The molecule has 2 aromatic rings. The van der Waals surface area contributed by atoms with Crippen LogP contribution in [0.15, 0.2) is 40.7 Å². The van der Waals surface area contributed by atoms with Crippen molar-refractivity contribution in [3.05, 3.63) is 36.5 Å². The van der Waals surface area contributed by atoms with Crippen LogP contribution in [0.25, 0.3) is 0 Å². The second kappa shape index (κ2) is 6.20. The van der Waals surface area contributed by atoms with E-state index in [1.807, 2.05) is 18.2 Å². The first-order valence-corrected chi connectivity index (χ1v) is 8.33. The van der Waals surface area contributed by atoms with E-state index in [9.17, 15) is 13.2 Å². The van der Waals surface area contributed by atoms with Crippen molar-refractivity contribution in [2.45, 2.75) is 17.2 Å². The Morgan fingerprint density at radius 2 is 2.00 bits per heavy atom. The summed E-state index contributed by atoms with van der Waals surface area (Å²) in [5.41, 5.74) is 0.681. The van der Waals surface area contributed by atoms with Crippen molar-refractivity contribution in [3.8, 4) is 0 Å². The van der Waals surface area contributed by atoms with Gasteiger partial charge in [-0.2, -0.15) is 0 Å². The van der Waals surface area contributed by atoms with E-state index >= 15 is 0 Å². The van der Waals surface area contributed by atoms with Gasteiger partial charge in [-0.05, 0) is 19.1 Å². The number of carbonyl (C=O) groups excluding carboxylic acids is 1. The van der Waals surface area contributed by atoms with Crippen LogP contribution in [-0.2, 0) is 14.8 Å². The number of amides is 1. The molecule has 1 amide bonds. The summed E-state index contributed by atoms with van der Waals surface area (Å²) in [5.74, 6) is -0.256. The van der Waals surface area contributed by atoms with Crippen molar-refractivity contribution in [1.29, 1.82) is 0 Å². The summed E-state index contributed by atoms with van der Waals surface area (Å²) in [5, 5.41) is 10.9. The number of nitrogens with zero attached hydrogens (tertiary/aromatic N) is 1. The highest BCUT2D eigenvalue weighted by Gasteiger charge is 2.17. The molecule has 0 radical (unpaired) electrons. The predicted molar refractivity (Wildman–Crippen MR) is 81.6 cm³/mol. The minimum absolute atomic E-state index is 0.0549. The quantitative estimate of drug-likeness (QED) is 0.764. The highest BCUT2D eigenvalue weighted by Crippen LogP contribution is 2.22. The molecule has 1 atom stereocenters. The normalized spacial score (nSPS) is 12.7. The molecule has 4 N–H and O–H groups in total. The second-order valence-corrected chi connectivity index (χ2v) is 7.07. The third kappa shape index (κ3) is 4.25. The van der Waals surface area contributed by atoms with E-state index in [0.29, 0.717) is 10.8 Å². The van der Waals surface area contributed by atoms with Gasteiger partial charge < -0.3 is 10.6 Å². The van der Waals surface area contributed by atoms with Crippen LogP contribution in [0.2, 0.25) is 0 Å². The number of nitrogens with two attached hydrogens (primary N) is 1. The number of para-hydroxylation sites is 1. The smallest absolute Gasteiger partial charge is 0.249 e. The van der Waals surface area contributed by atoms with Crippen LogP contribution in [0, 0.1) is 0 Å². The Labute approximate surface area is 126 Å².